The van der Waals surface area contributed by atoms with Gasteiger partial charge in [0.15, 0.2) is 12.7 Å². The normalized spacial score (nSPS) is 14.8. The first kappa shape index (κ1) is 18.2. The first-order chi connectivity index (χ1) is 11.5. The molecule has 1 fully saturated rings. The highest BCUT2D eigenvalue weighted by Crippen LogP contribution is 2.28. The lowest BCUT2D eigenvalue weighted by Crippen LogP contribution is -2.37. The molecule has 1 unspecified atom stereocenters. The van der Waals surface area contributed by atoms with E-state index in [0.717, 1.165) is 18.4 Å². The Labute approximate surface area is 143 Å². The van der Waals surface area contributed by atoms with Crippen LogP contribution in [0.15, 0.2) is 36.9 Å². The molecule has 2 rings (SSSR count). The van der Waals surface area contributed by atoms with E-state index in [0.29, 0.717) is 6.54 Å². The van der Waals surface area contributed by atoms with E-state index in [2.05, 4.69) is 6.58 Å². The van der Waals surface area contributed by atoms with Gasteiger partial charge in [-0.3, -0.25) is 4.79 Å². The van der Waals surface area contributed by atoms with Gasteiger partial charge in [-0.15, -0.1) is 6.58 Å². The zero-order chi connectivity index (χ0) is 17.5. The summed E-state index contributed by atoms with van der Waals surface area (Å²) in [5.74, 6) is -0.696. The lowest BCUT2D eigenvalue weighted by atomic mass is 10.1. The third kappa shape index (κ3) is 5.49. The Hall–Kier alpha value is -2.14. The van der Waals surface area contributed by atoms with Gasteiger partial charge < -0.3 is 14.4 Å². The van der Waals surface area contributed by atoms with Gasteiger partial charge in [-0.25, -0.2) is 4.79 Å². The molecule has 24 heavy (non-hydrogen) atoms. The van der Waals surface area contributed by atoms with Crippen molar-refractivity contribution >= 4 is 11.9 Å². The third-order valence-electron chi connectivity index (χ3n) is 3.92. The maximum absolute atomic E-state index is 12.4. The fourth-order valence-corrected chi connectivity index (χ4v) is 2.31. The van der Waals surface area contributed by atoms with Crippen LogP contribution in [0.5, 0.6) is 0 Å². The molecule has 1 saturated carbocycles. The van der Waals surface area contributed by atoms with Crippen molar-refractivity contribution in [1.29, 1.82) is 0 Å². The highest BCUT2D eigenvalue weighted by Gasteiger charge is 2.33. The number of amides is 1. The molecule has 5 heteroatoms. The highest BCUT2D eigenvalue weighted by molar-refractivity contribution is 5.82. The summed E-state index contributed by atoms with van der Waals surface area (Å²) in [4.78, 5) is 26.0. The van der Waals surface area contributed by atoms with Crippen molar-refractivity contribution in [3.05, 3.63) is 48.0 Å². The summed E-state index contributed by atoms with van der Waals surface area (Å²) in [6.07, 6.45) is 2.86. The minimum Gasteiger partial charge on any atom is -0.454 e. The number of esters is 1. The van der Waals surface area contributed by atoms with Crippen LogP contribution in [0.2, 0.25) is 0 Å². The monoisotopic (exact) mass is 331 g/mol. The van der Waals surface area contributed by atoms with Crippen LogP contribution in [0.1, 0.15) is 30.9 Å². The average Bonchev–Trinajstić information content (AvgIpc) is 3.41. The molecule has 0 radical (unpaired) electrons. The summed E-state index contributed by atoms with van der Waals surface area (Å²) in [7, 11) is 0. The quantitative estimate of drug-likeness (QED) is 0.515. The first-order valence-corrected chi connectivity index (χ1v) is 8.25. The topological polar surface area (TPSA) is 55.8 Å². The lowest BCUT2D eigenvalue weighted by molar-refractivity contribution is -0.161. The minimum absolute atomic E-state index is 0.164. The van der Waals surface area contributed by atoms with Crippen LogP contribution in [0, 0.1) is 6.92 Å². The van der Waals surface area contributed by atoms with E-state index in [1.54, 1.807) is 17.9 Å². The molecule has 0 saturated heterocycles. The van der Waals surface area contributed by atoms with Crippen molar-refractivity contribution < 1.29 is 19.1 Å². The number of hydrogen-bond acceptors (Lipinski definition) is 4. The number of aryl methyl sites for hydroxylation is 1. The second-order valence-electron chi connectivity index (χ2n) is 6.11. The highest BCUT2D eigenvalue weighted by atomic mass is 16.6. The van der Waals surface area contributed by atoms with Gasteiger partial charge in [-0.2, -0.15) is 0 Å². The summed E-state index contributed by atoms with van der Waals surface area (Å²) in [6.45, 7) is 7.72. The summed E-state index contributed by atoms with van der Waals surface area (Å²) in [5, 5.41) is 0. The van der Waals surface area contributed by atoms with Crippen LogP contribution in [-0.4, -0.2) is 42.1 Å². The Bertz CT molecular complexity index is 578. The maximum Gasteiger partial charge on any atom is 0.335 e. The molecule has 1 aliphatic carbocycles. The Balaban J connectivity index is 1.86. The van der Waals surface area contributed by atoms with Crippen LogP contribution in [-0.2, 0) is 25.6 Å². The average molecular weight is 331 g/mol. The molecule has 0 bridgehead atoms. The van der Waals surface area contributed by atoms with Gasteiger partial charge in [0.05, 0.1) is 6.61 Å². The molecule has 130 valence electrons. The standard InChI is InChI=1S/C19H25NO4/c1-4-11-23-15(3)19(22)24-13-18(21)20(17-9-10-17)12-16-7-5-14(2)6-8-16/h4-8,15,17H,1,9-13H2,2-3H3. The predicted molar refractivity (Wildman–Crippen MR) is 91.3 cm³/mol. The van der Waals surface area contributed by atoms with Crippen LogP contribution in [0.25, 0.3) is 0 Å². The van der Waals surface area contributed by atoms with Crippen molar-refractivity contribution in [3.63, 3.8) is 0 Å². The van der Waals surface area contributed by atoms with E-state index in [9.17, 15) is 9.59 Å². The molecule has 0 N–H and O–H groups in total. The van der Waals surface area contributed by atoms with Crippen LogP contribution in [0.4, 0.5) is 0 Å². The van der Waals surface area contributed by atoms with Crippen LogP contribution in [0.3, 0.4) is 0 Å². The van der Waals surface area contributed by atoms with Crippen molar-refractivity contribution in [1.82, 2.24) is 4.90 Å². The second-order valence-corrected chi connectivity index (χ2v) is 6.11. The van der Waals surface area contributed by atoms with Crippen molar-refractivity contribution in [2.24, 2.45) is 0 Å². The van der Waals surface area contributed by atoms with Crippen molar-refractivity contribution in [3.8, 4) is 0 Å². The summed E-state index contributed by atoms with van der Waals surface area (Å²) >= 11 is 0. The maximum atomic E-state index is 12.4. The number of carbonyl (C=O) groups excluding carboxylic acids is 2. The zero-order valence-electron chi connectivity index (χ0n) is 14.4. The van der Waals surface area contributed by atoms with Crippen molar-refractivity contribution in [2.75, 3.05) is 13.2 Å². The number of carbonyl (C=O) groups is 2. The van der Waals surface area contributed by atoms with E-state index in [-0.39, 0.29) is 25.2 Å². The van der Waals surface area contributed by atoms with E-state index in [4.69, 9.17) is 9.47 Å². The Morgan fingerprint density at radius 1 is 1.33 bits per heavy atom. The fraction of sp³-hybridized carbons (Fsp3) is 0.474. The number of rotatable bonds is 9. The van der Waals surface area contributed by atoms with Gasteiger partial charge in [0.25, 0.3) is 5.91 Å². The van der Waals surface area contributed by atoms with E-state index in [1.165, 1.54) is 5.56 Å². The van der Waals surface area contributed by atoms with Gasteiger partial charge in [0, 0.05) is 12.6 Å². The summed E-state index contributed by atoms with van der Waals surface area (Å²) < 4.78 is 10.3. The summed E-state index contributed by atoms with van der Waals surface area (Å²) in [5.41, 5.74) is 2.26. The van der Waals surface area contributed by atoms with Gasteiger partial charge in [-0.05, 0) is 32.3 Å². The van der Waals surface area contributed by atoms with Gasteiger partial charge >= 0.3 is 5.97 Å². The van der Waals surface area contributed by atoms with Gasteiger partial charge in [0.1, 0.15) is 0 Å². The molecule has 0 aliphatic heterocycles. The fourth-order valence-electron chi connectivity index (χ4n) is 2.31. The second kappa shape index (κ2) is 8.64. The van der Waals surface area contributed by atoms with E-state index >= 15 is 0 Å². The molecular weight excluding hydrogens is 306 g/mol. The number of benzene rings is 1. The predicted octanol–water partition coefficient (Wildman–Crippen LogP) is 2.62. The molecule has 1 aliphatic rings. The smallest absolute Gasteiger partial charge is 0.335 e. The van der Waals surface area contributed by atoms with Gasteiger partial charge in [0.2, 0.25) is 0 Å². The van der Waals surface area contributed by atoms with E-state index in [1.807, 2.05) is 31.2 Å². The SMILES string of the molecule is C=CCOC(C)C(=O)OCC(=O)N(Cc1ccc(C)cc1)C1CC1. The molecule has 0 spiro atoms. The molecule has 1 atom stereocenters. The number of ether oxygens (including phenoxy) is 2. The molecular formula is C19H25NO4. The molecule has 1 aromatic rings. The molecule has 0 heterocycles. The van der Waals surface area contributed by atoms with Gasteiger partial charge in [-0.1, -0.05) is 35.9 Å². The lowest BCUT2D eigenvalue weighted by Gasteiger charge is -2.23. The largest absolute Gasteiger partial charge is 0.454 e. The molecule has 1 aromatic carbocycles. The minimum atomic E-state index is -0.706. The Morgan fingerprint density at radius 3 is 2.58 bits per heavy atom. The zero-order valence-corrected chi connectivity index (χ0v) is 14.4. The molecule has 5 nitrogen and oxygen atoms in total. The van der Waals surface area contributed by atoms with Crippen LogP contribution >= 0.6 is 0 Å². The van der Waals surface area contributed by atoms with Crippen molar-refractivity contribution in [2.45, 2.75) is 45.4 Å². The molecule has 0 aromatic heterocycles. The first-order valence-electron chi connectivity index (χ1n) is 8.25. The Kier molecular flexibility index (Phi) is 6.55. The number of nitrogens with zero attached hydrogens (tertiary/aromatic N) is 1. The summed E-state index contributed by atoms with van der Waals surface area (Å²) in [6, 6.07) is 8.37. The molecule has 1 amide bonds. The number of hydrogen-bond donors (Lipinski definition) is 0. The Morgan fingerprint density at radius 2 is 2.00 bits per heavy atom. The third-order valence-corrected chi connectivity index (χ3v) is 3.92. The van der Waals surface area contributed by atoms with Crippen LogP contribution < -0.4 is 0 Å². The van der Waals surface area contributed by atoms with E-state index < -0.39 is 12.1 Å².